The van der Waals surface area contributed by atoms with Gasteiger partial charge in [0.25, 0.3) is 0 Å². The Kier molecular flexibility index (Phi) is 7.07. The molecule has 0 aliphatic rings. The molecule has 0 bridgehead atoms. The molecule has 0 heterocycles. The smallest absolute Gasteiger partial charge is 0.0366 e. The largest absolute Gasteiger partial charge is 0.372 e. The molecule has 2 heteroatoms. The van der Waals surface area contributed by atoms with Gasteiger partial charge in [0.2, 0.25) is 0 Å². The highest BCUT2D eigenvalue weighted by Gasteiger charge is 2.04. The minimum absolute atomic E-state index is 0.774. The summed E-state index contributed by atoms with van der Waals surface area (Å²) >= 11 is 5.72. The number of alkyl halides is 1. The van der Waals surface area contributed by atoms with Gasteiger partial charge in [0.05, 0.1) is 0 Å². The van der Waals surface area contributed by atoms with Gasteiger partial charge >= 0.3 is 0 Å². The Morgan fingerprint density at radius 3 is 2.31 bits per heavy atom. The van der Waals surface area contributed by atoms with Crippen LogP contribution in [0.4, 0.5) is 5.69 Å². The van der Waals surface area contributed by atoms with Crippen LogP contribution in [0.25, 0.3) is 0 Å². The molecule has 16 heavy (non-hydrogen) atoms. The van der Waals surface area contributed by atoms with Crippen LogP contribution in [0.15, 0.2) is 30.3 Å². The summed E-state index contributed by atoms with van der Waals surface area (Å²) < 4.78 is 0. The second-order valence-corrected chi connectivity index (χ2v) is 4.45. The van der Waals surface area contributed by atoms with Crippen LogP contribution in [-0.2, 0) is 0 Å². The normalized spacial score (nSPS) is 10.4. The number of anilines is 1. The summed E-state index contributed by atoms with van der Waals surface area (Å²) in [7, 11) is 0. The van der Waals surface area contributed by atoms with Gasteiger partial charge in [-0.15, -0.1) is 11.6 Å². The lowest BCUT2D eigenvalue weighted by Crippen LogP contribution is -2.25. The van der Waals surface area contributed by atoms with Crippen molar-refractivity contribution >= 4 is 17.3 Å². The van der Waals surface area contributed by atoms with Crippen molar-refractivity contribution in [2.45, 2.75) is 32.6 Å². The third kappa shape index (κ3) is 4.89. The van der Waals surface area contributed by atoms with E-state index in [0.29, 0.717) is 0 Å². The molecular formula is C14H22ClN. The maximum Gasteiger partial charge on any atom is 0.0366 e. The quantitative estimate of drug-likeness (QED) is 0.483. The fraction of sp³-hybridized carbons (Fsp3) is 0.571. The Balaban J connectivity index is 2.49. The van der Waals surface area contributed by atoms with Gasteiger partial charge in [-0.1, -0.05) is 31.5 Å². The van der Waals surface area contributed by atoms with Crippen LogP contribution in [-0.4, -0.2) is 19.0 Å². The number of halogens is 1. The molecule has 0 atom stereocenters. The van der Waals surface area contributed by atoms with Gasteiger partial charge in [-0.3, -0.25) is 0 Å². The number of para-hydroxylation sites is 1. The maximum atomic E-state index is 5.72. The van der Waals surface area contributed by atoms with Crippen LogP contribution in [0.1, 0.15) is 32.6 Å². The average Bonchev–Trinajstić information content (AvgIpc) is 2.35. The van der Waals surface area contributed by atoms with Gasteiger partial charge < -0.3 is 4.90 Å². The molecule has 0 spiro atoms. The molecule has 0 aliphatic carbocycles. The standard InChI is InChI=1S/C14H22ClN/c1-2-3-12-16(13-8-7-11-15)14-9-5-4-6-10-14/h4-6,9-10H,2-3,7-8,11-13H2,1H3. The molecule has 0 unspecified atom stereocenters. The Labute approximate surface area is 104 Å². The molecule has 1 rings (SSSR count). The van der Waals surface area contributed by atoms with E-state index in [1.807, 2.05) is 0 Å². The summed E-state index contributed by atoms with van der Waals surface area (Å²) in [5.74, 6) is 0.774. The fourth-order valence-electron chi connectivity index (χ4n) is 1.75. The third-order valence-electron chi connectivity index (χ3n) is 2.71. The molecule has 0 N–H and O–H groups in total. The van der Waals surface area contributed by atoms with E-state index in [-0.39, 0.29) is 0 Å². The van der Waals surface area contributed by atoms with Crippen molar-refractivity contribution in [3.05, 3.63) is 30.3 Å². The molecule has 0 aromatic heterocycles. The van der Waals surface area contributed by atoms with E-state index in [9.17, 15) is 0 Å². The van der Waals surface area contributed by atoms with Gasteiger partial charge in [0.1, 0.15) is 0 Å². The van der Waals surface area contributed by atoms with E-state index in [0.717, 1.165) is 25.4 Å². The zero-order chi connectivity index (χ0) is 11.6. The first-order valence-electron chi connectivity index (χ1n) is 6.24. The molecule has 0 radical (unpaired) electrons. The summed E-state index contributed by atoms with van der Waals surface area (Å²) in [6.45, 7) is 4.52. The summed E-state index contributed by atoms with van der Waals surface area (Å²) in [4.78, 5) is 2.47. The average molecular weight is 240 g/mol. The second-order valence-electron chi connectivity index (χ2n) is 4.07. The first kappa shape index (κ1) is 13.4. The van der Waals surface area contributed by atoms with Gasteiger partial charge in [0, 0.05) is 24.7 Å². The number of hydrogen-bond donors (Lipinski definition) is 0. The van der Waals surface area contributed by atoms with E-state index >= 15 is 0 Å². The van der Waals surface area contributed by atoms with Crippen LogP contribution in [0.3, 0.4) is 0 Å². The minimum atomic E-state index is 0.774. The molecular weight excluding hydrogens is 218 g/mol. The van der Waals surface area contributed by atoms with Crippen molar-refractivity contribution in [3.63, 3.8) is 0 Å². The Morgan fingerprint density at radius 1 is 1.00 bits per heavy atom. The number of nitrogens with zero attached hydrogens (tertiary/aromatic N) is 1. The number of rotatable bonds is 8. The highest BCUT2D eigenvalue weighted by molar-refractivity contribution is 6.17. The zero-order valence-electron chi connectivity index (χ0n) is 10.2. The van der Waals surface area contributed by atoms with Crippen molar-refractivity contribution < 1.29 is 0 Å². The molecule has 0 aliphatic heterocycles. The highest BCUT2D eigenvalue weighted by Crippen LogP contribution is 2.15. The first-order chi connectivity index (χ1) is 7.88. The molecule has 0 saturated carbocycles. The Morgan fingerprint density at radius 2 is 1.69 bits per heavy atom. The fourth-order valence-corrected chi connectivity index (χ4v) is 1.94. The zero-order valence-corrected chi connectivity index (χ0v) is 10.9. The monoisotopic (exact) mass is 239 g/mol. The first-order valence-corrected chi connectivity index (χ1v) is 6.78. The van der Waals surface area contributed by atoms with Crippen LogP contribution < -0.4 is 4.90 Å². The Hall–Kier alpha value is -0.690. The van der Waals surface area contributed by atoms with Gasteiger partial charge in [0.15, 0.2) is 0 Å². The lowest BCUT2D eigenvalue weighted by atomic mass is 10.2. The van der Waals surface area contributed by atoms with Gasteiger partial charge in [-0.05, 0) is 31.4 Å². The summed E-state index contributed by atoms with van der Waals surface area (Å²) in [5.41, 5.74) is 1.34. The predicted octanol–water partition coefficient (Wildman–Crippen LogP) is 4.31. The lowest BCUT2D eigenvalue weighted by molar-refractivity contribution is 0.679. The summed E-state index contributed by atoms with van der Waals surface area (Å²) in [6.07, 6.45) is 4.80. The number of benzene rings is 1. The van der Waals surface area contributed by atoms with E-state index in [4.69, 9.17) is 11.6 Å². The molecule has 1 nitrogen and oxygen atoms in total. The summed E-state index contributed by atoms with van der Waals surface area (Å²) in [6, 6.07) is 10.7. The molecule has 0 amide bonds. The number of hydrogen-bond acceptors (Lipinski definition) is 1. The number of unbranched alkanes of at least 4 members (excludes halogenated alkanes) is 2. The molecule has 0 saturated heterocycles. The lowest BCUT2D eigenvalue weighted by Gasteiger charge is -2.24. The van der Waals surface area contributed by atoms with Crippen LogP contribution in [0.2, 0.25) is 0 Å². The van der Waals surface area contributed by atoms with Crippen LogP contribution in [0, 0.1) is 0 Å². The van der Waals surface area contributed by atoms with Crippen molar-refractivity contribution in [1.82, 2.24) is 0 Å². The highest BCUT2D eigenvalue weighted by atomic mass is 35.5. The minimum Gasteiger partial charge on any atom is -0.372 e. The Bertz CT molecular complexity index is 261. The second kappa shape index (κ2) is 8.46. The van der Waals surface area contributed by atoms with Crippen molar-refractivity contribution in [1.29, 1.82) is 0 Å². The third-order valence-corrected chi connectivity index (χ3v) is 2.98. The van der Waals surface area contributed by atoms with Crippen molar-refractivity contribution in [2.75, 3.05) is 23.9 Å². The van der Waals surface area contributed by atoms with E-state index in [2.05, 4.69) is 42.2 Å². The van der Waals surface area contributed by atoms with E-state index in [1.54, 1.807) is 0 Å². The molecule has 1 aromatic rings. The van der Waals surface area contributed by atoms with Crippen molar-refractivity contribution in [3.8, 4) is 0 Å². The predicted molar refractivity (Wildman–Crippen MR) is 73.5 cm³/mol. The topological polar surface area (TPSA) is 3.24 Å². The molecule has 0 fully saturated rings. The molecule has 90 valence electrons. The van der Waals surface area contributed by atoms with Gasteiger partial charge in [-0.2, -0.15) is 0 Å². The SMILES string of the molecule is CCCCN(CCCCCl)c1ccccc1. The van der Waals surface area contributed by atoms with E-state index < -0.39 is 0 Å². The van der Waals surface area contributed by atoms with Crippen LogP contribution >= 0.6 is 11.6 Å². The van der Waals surface area contributed by atoms with Crippen molar-refractivity contribution in [2.24, 2.45) is 0 Å². The molecule has 1 aromatic carbocycles. The van der Waals surface area contributed by atoms with E-state index in [1.165, 1.54) is 24.9 Å². The van der Waals surface area contributed by atoms with Gasteiger partial charge in [-0.25, -0.2) is 0 Å². The maximum absolute atomic E-state index is 5.72. The van der Waals surface area contributed by atoms with Crippen LogP contribution in [0.5, 0.6) is 0 Å². The summed E-state index contributed by atoms with van der Waals surface area (Å²) in [5, 5.41) is 0.